The van der Waals surface area contributed by atoms with Gasteiger partial charge >= 0.3 is 0 Å². The van der Waals surface area contributed by atoms with Crippen LogP contribution in [0.1, 0.15) is 17.1 Å². The van der Waals surface area contributed by atoms with Crippen LogP contribution in [-0.4, -0.2) is 19.7 Å². The lowest BCUT2D eigenvalue weighted by atomic mass is 10.2. The summed E-state index contributed by atoms with van der Waals surface area (Å²) in [5.74, 6) is 2.13. The Balaban J connectivity index is 1.38. The van der Waals surface area contributed by atoms with Gasteiger partial charge in [0.25, 0.3) is 0 Å². The van der Waals surface area contributed by atoms with Crippen LogP contribution in [-0.2, 0) is 19.4 Å². The Labute approximate surface area is 182 Å². The fourth-order valence-electron chi connectivity index (χ4n) is 2.69. The highest BCUT2D eigenvalue weighted by Gasteiger charge is 2.12. The summed E-state index contributed by atoms with van der Waals surface area (Å²) in [6.07, 6.45) is 0. The lowest BCUT2D eigenvalue weighted by molar-refractivity contribution is 0.290. The lowest BCUT2D eigenvalue weighted by Gasteiger charge is -2.08. The number of rotatable bonds is 7. The third-order valence-electron chi connectivity index (χ3n) is 4.29. The van der Waals surface area contributed by atoms with Gasteiger partial charge in [0.1, 0.15) is 17.4 Å². The molecule has 0 spiro atoms. The molecule has 4 aromatic rings. The van der Waals surface area contributed by atoms with Crippen molar-refractivity contribution in [1.82, 2.24) is 19.7 Å². The van der Waals surface area contributed by atoms with Gasteiger partial charge < -0.3 is 9.30 Å². The molecule has 0 fully saturated rings. The predicted molar refractivity (Wildman–Crippen MR) is 119 cm³/mol. The first-order chi connectivity index (χ1) is 14.1. The van der Waals surface area contributed by atoms with E-state index in [0.717, 1.165) is 38.6 Å². The largest absolute Gasteiger partial charge is 0.484 e. The minimum atomic E-state index is 0.308. The maximum absolute atomic E-state index is 6.19. The summed E-state index contributed by atoms with van der Waals surface area (Å²) in [5, 5.41) is 13.1. The van der Waals surface area contributed by atoms with Crippen LogP contribution in [0, 0.1) is 6.92 Å². The Kier molecular flexibility index (Phi) is 6.18. The second kappa shape index (κ2) is 8.98. The first-order valence-corrected chi connectivity index (χ1v) is 11.2. The molecule has 0 saturated carbocycles. The van der Waals surface area contributed by atoms with E-state index >= 15 is 0 Å². The van der Waals surface area contributed by atoms with Crippen LogP contribution in [0.3, 0.4) is 0 Å². The Morgan fingerprint density at radius 2 is 1.97 bits per heavy atom. The highest BCUT2D eigenvalue weighted by molar-refractivity contribution is 7.98. The molecule has 2 heterocycles. The van der Waals surface area contributed by atoms with Crippen LogP contribution in [0.25, 0.3) is 10.6 Å². The Morgan fingerprint density at radius 1 is 1.14 bits per heavy atom. The van der Waals surface area contributed by atoms with Crippen molar-refractivity contribution in [2.45, 2.75) is 24.4 Å². The van der Waals surface area contributed by atoms with Crippen molar-refractivity contribution < 1.29 is 4.74 Å². The molecule has 2 aromatic carbocycles. The number of thiazole rings is 1. The number of thioether (sulfide) groups is 1. The van der Waals surface area contributed by atoms with E-state index < -0.39 is 0 Å². The quantitative estimate of drug-likeness (QED) is 0.340. The van der Waals surface area contributed by atoms with Crippen LogP contribution in [0.2, 0.25) is 5.02 Å². The standard InChI is InChI=1S/C21H19ClN4OS2/c1-14-8-9-17(22)18(10-14)27-11-19-24-25-21(26(19)2)29-13-16-12-28-20(23-16)15-6-4-3-5-7-15/h3-10,12H,11,13H2,1-2H3. The fourth-order valence-corrected chi connectivity index (χ4v) is 4.61. The molecule has 0 atom stereocenters. The van der Waals surface area contributed by atoms with Gasteiger partial charge in [-0.05, 0) is 24.6 Å². The molecule has 2 aromatic heterocycles. The molecule has 29 heavy (non-hydrogen) atoms. The summed E-state index contributed by atoms with van der Waals surface area (Å²) >= 11 is 9.46. The molecule has 0 radical (unpaired) electrons. The van der Waals surface area contributed by atoms with E-state index in [4.69, 9.17) is 21.3 Å². The zero-order valence-corrected chi connectivity index (χ0v) is 18.4. The molecular weight excluding hydrogens is 424 g/mol. The highest BCUT2D eigenvalue weighted by Crippen LogP contribution is 2.28. The number of ether oxygens (including phenoxy) is 1. The molecule has 148 valence electrons. The first-order valence-electron chi connectivity index (χ1n) is 9.00. The molecule has 0 aliphatic carbocycles. The van der Waals surface area contributed by atoms with E-state index in [1.807, 2.05) is 54.9 Å². The van der Waals surface area contributed by atoms with Crippen molar-refractivity contribution in [3.8, 4) is 16.3 Å². The van der Waals surface area contributed by atoms with Crippen molar-refractivity contribution in [3.63, 3.8) is 0 Å². The predicted octanol–water partition coefficient (Wildman–Crippen LogP) is 5.77. The van der Waals surface area contributed by atoms with E-state index in [1.54, 1.807) is 23.1 Å². The Bertz CT molecular complexity index is 1110. The van der Waals surface area contributed by atoms with Crippen LogP contribution >= 0.6 is 34.7 Å². The van der Waals surface area contributed by atoms with E-state index in [9.17, 15) is 0 Å². The molecule has 0 amide bonds. The summed E-state index contributed by atoms with van der Waals surface area (Å²) in [6.45, 7) is 2.31. The number of hydrogen-bond acceptors (Lipinski definition) is 6. The Hall–Kier alpha value is -2.35. The van der Waals surface area contributed by atoms with Crippen LogP contribution < -0.4 is 4.74 Å². The summed E-state index contributed by atoms with van der Waals surface area (Å²) in [7, 11) is 1.94. The summed E-state index contributed by atoms with van der Waals surface area (Å²) in [4.78, 5) is 4.73. The third-order valence-corrected chi connectivity index (χ3v) is 6.60. The average molecular weight is 443 g/mol. The number of aromatic nitrogens is 4. The average Bonchev–Trinajstić information content (AvgIpc) is 3.35. The molecule has 8 heteroatoms. The summed E-state index contributed by atoms with van der Waals surface area (Å²) < 4.78 is 7.78. The summed E-state index contributed by atoms with van der Waals surface area (Å²) in [6, 6.07) is 15.9. The van der Waals surface area contributed by atoms with E-state index in [2.05, 4.69) is 27.7 Å². The van der Waals surface area contributed by atoms with E-state index in [-0.39, 0.29) is 0 Å². The van der Waals surface area contributed by atoms with Gasteiger partial charge in [-0.25, -0.2) is 4.98 Å². The molecule has 0 unspecified atom stereocenters. The number of hydrogen-bond donors (Lipinski definition) is 0. The number of benzene rings is 2. The lowest BCUT2D eigenvalue weighted by Crippen LogP contribution is -2.04. The third kappa shape index (κ3) is 4.80. The minimum absolute atomic E-state index is 0.308. The number of aryl methyl sites for hydroxylation is 1. The van der Waals surface area contributed by atoms with Crippen LogP contribution in [0.5, 0.6) is 5.75 Å². The fraction of sp³-hybridized carbons (Fsp3) is 0.190. The molecule has 0 aliphatic rings. The van der Waals surface area contributed by atoms with E-state index in [0.29, 0.717) is 17.4 Å². The molecule has 0 N–H and O–H groups in total. The van der Waals surface area contributed by atoms with Gasteiger partial charge in [0.2, 0.25) is 0 Å². The van der Waals surface area contributed by atoms with Crippen molar-refractivity contribution in [2.24, 2.45) is 7.05 Å². The van der Waals surface area contributed by atoms with Crippen molar-refractivity contribution in [1.29, 1.82) is 0 Å². The van der Waals surface area contributed by atoms with Gasteiger partial charge in [-0.2, -0.15) is 0 Å². The second-order valence-corrected chi connectivity index (χ2v) is 8.69. The van der Waals surface area contributed by atoms with Gasteiger partial charge in [0.05, 0.1) is 10.7 Å². The maximum atomic E-state index is 6.19. The number of nitrogens with zero attached hydrogens (tertiary/aromatic N) is 4. The van der Waals surface area contributed by atoms with E-state index in [1.165, 1.54) is 0 Å². The monoisotopic (exact) mass is 442 g/mol. The molecule has 5 nitrogen and oxygen atoms in total. The smallest absolute Gasteiger partial charge is 0.191 e. The normalized spacial score (nSPS) is 11.0. The van der Waals surface area contributed by atoms with Crippen LogP contribution in [0.15, 0.2) is 59.1 Å². The molecule has 0 saturated heterocycles. The second-order valence-electron chi connectivity index (χ2n) is 6.48. The minimum Gasteiger partial charge on any atom is -0.484 e. The van der Waals surface area contributed by atoms with Gasteiger partial charge in [-0.15, -0.1) is 21.5 Å². The van der Waals surface area contributed by atoms with Gasteiger partial charge in [0, 0.05) is 23.7 Å². The number of halogens is 1. The van der Waals surface area contributed by atoms with Crippen molar-refractivity contribution in [3.05, 3.63) is 76.0 Å². The summed E-state index contributed by atoms with van der Waals surface area (Å²) in [5.41, 5.74) is 3.27. The highest BCUT2D eigenvalue weighted by atomic mass is 35.5. The van der Waals surface area contributed by atoms with Gasteiger partial charge in [0.15, 0.2) is 11.0 Å². The zero-order valence-electron chi connectivity index (χ0n) is 16.0. The van der Waals surface area contributed by atoms with Crippen molar-refractivity contribution >= 4 is 34.7 Å². The molecule has 0 aliphatic heterocycles. The Morgan fingerprint density at radius 3 is 2.79 bits per heavy atom. The SMILES string of the molecule is Cc1ccc(Cl)c(OCc2nnc(SCc3csc(-c4ccccc4)n3)n2C)c1. The van der Waals surface area contributed by atoms with Gasteiger partial charge in [-0.3, -0.25) is 0 Å². The molecule has 0 bridgehead atoms. The zero-order chi connectivity index (χ0) is 20.2. The maximum Gasteiger partial charge on any atom is 0.191 e. The molecule has 4 rings (SSSR count). The first kappa shape index (κ1) is 19.9. The van der Waals surface area contributed by atoms with Crippen LogP contribution in [0.4, 0.5) is 0 Å². The topological polar surface area (TPSA) is 52.8 Å². The molecular formula is C21H19ClN4OS2. The van der Waals surface area contributed by atoms with Crippen molar-refractivity contribution in [2.75, 3.05) is 0 Å². The van der Waals surface area contributed by atoms with Gasteiger partial charge in [-0.1, -0.05) is 59.8 Å².